The van der Waals surface area contributed by atoms with E-state index in [2.05, 4.69) is 56.4 Å². The van der Waals surface area contributed by atoms with Gasteiger partial charge in [0.15, 0.2) is 13.7 Å². The molecule has 0 fully saturated rings. The van der Waals surface area contributed by atoms with Crippen LogP contribution < -0.4 is 0 Å². The van der Waals surface area contributed by atoms with Gasteiger partial charge in [-0.15, -0.1) is 0 Å². The Kier molecular flexibility index (Phi) is 8.20. The van der Waals surface area contributed by atoms with Gasteiger partial charge in [-0.2, -0.15) is 0 Å². The van der Waals surface area contributed by atoms with E-state index in [9.17, 15) is 9.59 Å². The zero-order valence-corrected chi connectivity index (χ0v) is 17.8. The molecule has 0 aliphatic carbocycles. The molecule has 7 heteroatoms. The molecule has 0 N–H and O–H groups in total. The minimum atomic E-state index is -1.97. The second-order valence-electron chi connectivity index (χ2n) is 7.12. The fourth-order valence-corrected chi connectivity index (χ4v) is 3.46. The van der Waals surface area contributed by atoms with Crippen molar-refractivity contribution in [1.29, 1.82) is 0 Å². The Bertz CT molecular complexity index is 438. The highest BCUT2D eigenvalue weighted by molar-refractivity contribution is 9.11. The van der Waals surface area contributed by atoms with Crippen LogP contribution in [0.25, 0.3) is 0 Å². The molecule has 0 aliphatic rings. The third-order valence-electron chi connectivity index (χ3n) is 4.44. The first-order valence-corrected chi connectivity index (χ1v) is 11.2. The highest BCUT2D eigenvalue weighted by Crippen LogP contribution is 2.39. The van der Waals surface area contributed by atoms with Gasteiger partial charge in [-0.3, -0.25) is 9.59 Å². The first-order valence-electron chi connectivity index (χ1n) is 7.48. The molecule has 0 atom stereocenters. The van der Waals surface area contributed by atoms with Crippen molar-refractivity contribution in [1.82, 2.24) is 0 Å². The molecule has 0 spiro atoms. The summed E-state index contributed by atoms with van der Waals surface area (Å²) in [5.41, 5.74) is -1.44. The average molecular weight is 409 g/mol. The van der Waals surface area contributed by atoms with Gasteiger partial charge in [-0.1, -0.05) is 43.3 Å². The molecule has 0 saturated heterocycles. The number of hydrogen-bond donors (Lipinski definition) is 0. The van der Waals surface area contributed by atoms with E-state index < -0.39 is 25.7 Å². The number of hydrogen-bond acceptors (Lipinski definition) is 5. The van der Waals surface area contributed by atoms with E-state index in [0.29, 0.717) is 4.48 Å². The van der Waals surface area contributed by atoms with E-state index >= 15 is 0 Å². The number of carbonyl (C=O) groups is 2. The SMILES string of the molecule is C=C(Br)CC(CCO[Si](C)(C)C(C)(C)C)(C(=O)OC)C(=O)OC. The topological polar surface area (TPSA) is 61.8 Å². The molecular formula is C16H29BrO5Si. The molecule has 134 valence electrons. The van der Waals surface area contributed by atoms with E-state index in [0.717, 1.165) is 0 Å². The molecule has 0 heterocycles. The molecule has 5 nitrogen and oxygen atoms in total. The fraction of sp³-hybridized carbons (Fsp3) is 0.750. The quantitative estimate of drug-likeness (QED) is 0.344. The van der Waals surface area contributed by atoms with Gasteiger partial charge in [-0.25, -0.2) is 0 Å². The van der Waals surface area contributed by atoms with Gasteiger partial charge in [0.05, 0.1) is 14.2 Å². The van der Waals surface area contributed by atoms with Gasteiger partial charge < -0.3 is 13.9 Å². The van der Waals surface area contributed by atoms with Crippen LogP contribution >= 0.6 is 15.9 Å². The van der Waals surface area contributed by atoms with Crippen molar-refractivity contribution in [2.75, 3.05) is 20.8 Å². The van der Waals surface area contributed by atoms with Crippen LogP contribution in [0, 0.1) is 5.41 Å². The van der Waals surface area contributed by atoms with E-state index in [1.807, 2.05) is 0 Å². The maximum atomic E-state index is 12.3. The monoisotopic (exact) mass is 408 g/mol. The first-order chi connectivity index (χ1) is 10.3. The standard InChI is InChI=1S/C16H29BrO5Si/c1-12(17)11-16(13(18)20-5,14(19)21-6)9-10-22-23(7,8)15(2,3)4/h1,9-11H2,2-8H3. The Balaban J connectivity index is 5.35. The summed E-state index contributed by atoms with van der Waals surface area (Å²) < 4.78 is 16.3. The Morgan fingerprint density at radius 3 is 1.83 bits per heavy atom. The van der Waals surface area contributed by atoms with Crippen molar-refractivity contribution < 1.29 is 23.5 Å². The molecule has 0 rings (SSSR count). The lowest BCUT2D eigenvalue weighted by Crippen LogP contribution is -2.45. The summed E-state index contributed by atoms with van der Waals surface area (Å²) in [7, 11) is 0.538. The van der Waals surface area contributed by atoms with Crippen LogP contribution in [-0.2, 0) is 23.5 Å². The first kappa shape index (κ1) is 22.3. The molecule has 0 bridgehead atoms. The zero-order valence-electron chi connectivity index (χ0n) is 15.2. The number of carbonyl (C=O) groups excluding carboxylic acids is 2. The third kappa shape index (κ3) is 5.72. The fourth-order valence-electron chi connectivity index (χ4n) is 1.94. The van der Waals surface area contributed by atoms with E-state index in [-0.39, 0.29) is 24.5 Å². The normalized spacial score (nSPS) is 12.7. The maximum absolute atomic E-state index is 12.3. The number of rotatable bonds is 8. The lowest BCUT2D eigenvalue weighted by Gasteiger charge is -2.37. The Morgan fingerprint density at radius 1 is 1.09 bits per heavy atom. The third-order valence-corrected chi connectivity index (χ3v) is 9.26. The van der Waals surface area contributed by atoms with Crippen molar-refractivity contribution in [3.05, 3.63) is 11.1 Å². The molecule has 23 heavy (non-hydrogen) atoms. The van der Waals surface area contributed by atoms with Gasteiger partial charge in [0.1, 0.15) is 0 Å². The number of halogens is 1. The molecule has 0 aliphatic heterocycles. The average Bonchev–Trinajstić information content (AvgIpc) is 2.42. The lowest BCUT2D eigenvalue weighted by molar-refractivity contribution is -0.170. The summed E-state index contributed by atoms with van der Waals surface area (Å²) in [6.07, 6.45) is 0.288. The van der Waals surface area contributed by atoms with Crippen LogP contribution in [0.5, 0.6) is 0 Å². The van der Waals surface area contributed by atoms with Crippen LogP contribution in [0.3, 0.4) is 0 Å². The lowest BCUT2D eigenvalue weighted by atomic mass is 9.81. The predicted molar refractivity (Wildman–Crippen MR) is 96.9 cm³/mol. The molecule has 0 aromatic carbocycles. The highest BCUT2D eigenvalue weighted by atomic mass is 79.9. The summed E-state index contributed by atoms with van der Waals surface area (Å²) in [5.74, 6) is -1.27. The molecule has 0 unspecified atom stereocenters. The Morgan fingerprint density at radius 2 is 1.52 bits per heavy atom. The van der Waals surface area contributed by atoms with Gasteiger partial charge >= 0.3 is 11.9 Å². The van der Waals surface area contributed by atoms with Crippen LogP contribution in [0.15, 0.2) is 11.1 Å². The number of esters is 2. The van der Waals surface area contributed by atoms with Crippen molar-refractivity contribution in [3.63, 3.8) is 0 Å². The van der Waals surface area contributed by atoms with Crippen LogP contribution in [-0.4, -0.2) is 41.1 Å². The van der Waals surface area contributed by atoms with E-state index in [1.165, 1.54) is 14.2 Å². The predicted octanol–water partition coefficient (Wildman–Crippen LogP) is 4.03. The van der Waals surface area contributed by atoms with Gasteiger partial charge in [0, 0.05) is 13.0 Å². The maximum Gasteiger partial charge on any atom is 0.323 e. The number of methoxy groups -OCH3 is 2. The van der Waals surface area contributed by atoms with E-state index in [4.69, 9.17) is 13.9 Å². The zero-order chi connectivity index (χ0) is 18.5. The van der Waals surface area contributed by atoms with Crippen LogP contribution in [0.4, 0.5) is 0 Å². The molecule has 0 aromatic heterocycles. The summed E-state index contributed by atoms with van der Waals surface area (Å²) in [4.78, 5) is 24.6. The molecule has 0 amide bonds. The minimum absolute atomic E-state index is 0.0468. The largest absolute Gasteiger partial charge is 0.468 e. The van der Waals surface area contributed by atoms with Crippen molar-refractivity contribution in [2.45, 2.75) is 51.7 Å². The molecule has 0 aromatic rings. The molecular weight excluding hydrogens is 380 g/mol. The van der Waals surface area contributed by atoms with Gasteiger partial charge in [0.2, 0.25) is 0 Å². The second kappa shape index (κ2) is 8.44. The van der Waals surface area contributed by atoms with Crippen LogP contribution in [0.1, 0.15) is 33.6 Å². The van der Waals surface area contributed by atoms with Gasteiger partial charge in [0.25, 0.3) is 0 Å². The Labute approximate surface area is 149 Å². The summed E-state index contributed by atoms with van der Waals surface area (Å²) >= 11 is 3.23. The van der Waals surface area contributed by atoms with E-state index in [1.54, 1.807) is 0 Å². The Hall–Kier alpha value is -0.663. The van der Waals surface area contributed by atoms with Crippen molar-refractivity contribution in [3.8, 4) is 0 Å². The summed E-state index contributed by atoms with van der Waals surface area (Å²) in [6.45, 7) is 14.7. The van der Waals surface area contributed by atoms with Crippen molar-refractivity contribution >= 4 is 36.2 Å². The van der Waals surface area contributed by atoms with Crippen LogP contribution in [0.2, 0.25) is 18.1 Å². The molecule has 0 saturated carbocycles. The smallest absolute Gasteiger partial charge is 0.323 e. The highest BCUT2D eigenvalue weighted by Gasteiger charge is 2.49. The molecule has 0 radical (unpaired) electrons. The summed E-state index contributed by atoms with van der Waals surface area (Å²) in [5, 5.41) is 0.0468. The second-order valence-corrected chi connectivity index (χ2v) is 13.0. The summed E-state index contributed by atoms with van der Waals surface area (Å²) in [6, 6.07) is 0. The minimum Gasteiger partial charge on any atom is -0.468 e. The number of ether oxygens (including phenoxy) is 2. The number of allylic oxidation sites excluding steroid dienone is 1. The van der Waals surface area contributed by atoms with Crippen molar-refractivity contribution in [2.24, 2.45) is 5.41 Å². The van der Waals surface area contributed by atoms with Gasteiger partial charge in [-0.05, 0) is 29.0 Å².